The van der Waals surface area contributed by atoms with Crippen molar-refractivity contribution in [3.8, 4) is 0 Å². The van der Waals surface area contributed by atoms with Gasteiger partial charge in [-0.15, -0.1) is 0 Å². The molecule has 0 atom stereocenters. The van der Waals surface area contributed by atoms with Gasteiger partial charge in [0.05, 0.1) is 0 Å². The monoisotopic (exact) mass is 207 g/mol. The first-order valence-electron chi connectivity index (χ1n) is 4.66. The van der Waals surface area contributed by atoms with Crippen molar-refractivity contribution < 1.29 is 18.7 Å². The minimum atomic E-state index is -3.18. The van der Waals surface area contributed by atoms with Gasteiger partial charge in [0.2, 0.25) is 0 Å². The Bertz CT molecular complexity index is 229. The fraction of sp³-hybridized carbons (Fsp3) is 0.889. The van der Waals surface area contributed by atoms with Crippen LogP contribution in [0, 0.1) is 5.41 Å². The van der Waals surface area contributed by atoms with Gasteiger partial charge in [-0.25, -0.2) is 8.78 Å². The van der Waals surface area contributed by atoms with E-state index in [0.717, 1.165) is 0 Å². The lowest BCUT2D eigenvalue weighted by molar-refractivity contribution is -0.182. The summed E-state index contributed by atoms with van der Waals surface area (Å²) in [5.41, 5.74) is 3.66. The molecule has 82 valence electrons. The molecule has 0 heterocycles. The van der Waals surface area contributed by atoms with Crippen molar-refractivity contribution in [2.45, 2.75) is 44.6 Å². The van der Waals surface area contributed by atoms with Gasteiger partial charge in [0.1, 0.15) is 5.41 Å². The maximum Gasteiger partial charge on any atom is 0.315 e. The Morgan fingerprint density at radius 2 is 1.93 bits per heavy atom. The molecular formula is C9H15F2NO2. The molecule has 1 fully saturated rings. The summed E-state index contributed by atoms with van der Waals surface area (Å²) in [6.45, 7) is 0.679. The average molecular weight is 207 g/mol. The molecule has 1 aliphatic rings. The highest BCUT2D eigenvalue weighted by Gasteiger charge is 2.56. The van der Waals surface area contributed by atoms with Crippen LogP contribution in [-0.2, 0) is 4.79 Å². The average Bonchev–Trinajstić information content (AvgIpc) is 2.02. The first kappa shape index (κ1) is 11.4. The first-order chi connectivity index (χ1) is 6.29. The van der Waals surface area contributed by atoms with Crippen molar-refractivity contribution in [3.63, 3.8) is 0 Å². The zero-order chi connectivity index (χ0) is 11.0. The zero-order valence-corrected chi connectivity index (χ0v) is 8.09. The third kappa shape index (κ3) is 1.73. The minimum Gasteiger partial charge on any atom is -0.481 e. The molecule has 5 heteroatoms. The summed E-state index contributed by atoms with van der Waals surface area (Å²) in [6.07, 6.45) is 0.644. The third-order valence-electron chi connectivity index (χ3n) is 3.13. The standard InChI is InChI=1S/C9H15F2NO2/c1-8(10,11)9(7(13)14)4-2-6(12)3-5-9/h6H,2-5,12H2,1H3,(H,13,14). The minimum absolute atomic E-state index is 0.0347. The maximum atomic E-state index is 13.2. The molecule has 1 aliphatic carbocycles. The molecule has 0 aromatic carbocycles. The summed E-state index contributed by atoms with van der Waals surface area (Å²) in [6, 6.07) is -0.134. The number of halogens is 2. The highest BCUT2D eigenvalue weighted by atomic mass is 19.3. The highest BCUT2D eigenvalue weighted by molar-refractivity contribution is 5.76. The van der Waals surface area contributed by atoms with Crippen LogP contribution in [0.2, 0.25) is 0 Å². The van der Waals surface area contributed by atoms with Gasteiger partial charge < -0.3 is 10.8 Å². The lowest BCUT2D eigenvalue weighted by Crippen LogP contribution is -2.50. The van der Waals surface area contributed by atoms with Gasteiger partial charge in [0.15, 0.2) is 0 Å². The van der Waals surface area contributed by atoms with Crippen LogP contribution in [-0.4, -0.2) is 23.0 Å². The van der Waals surface area contributed by atoms with E-state index in [1.165, 1.54) is 0 Å². The predicted octanol–water partition coefficient (Wildman–Crippen LogP) is 1.61. The van der Waals surface area contributed by atoms with E-state index in [9.17, 15) is 13.6 Å². The van der Waals surface area contributed by atoms with E-state index in [-0.39, 0.29) is 18.9 Å². The van der Waals surface area contributed by atoms with Crippen molar-refractivity contribution >= 4 is 5.97 Å². The Labute approximate surface area is 81.3 Å². The fourth-order valence-electron chi connectivity index (χ4n) is 1.97. The Hall–Kier alpha value is -0.710. The van der Waals surface area contributed by atoms with E-state index in [1.54, 1.807) is 0 Å². The highest BCUT2D eigenvalue weighted by Crippen LogP contribution is 2.47. The summed E-state index contributed by atoms with van der Waals surface area (Å²) in [7, 11) is 0. The second-order valence-corrected chi connectivity index (χ2v) is 4.11. The summed E-state index contributed by atoms with van der Waals surface area (Å²) in [4.78, 5) is 10.9. The number of hydrogen-bond donors (Lipinski definition) is 2. The molecule has 0 aromatic rings. The van der Waals surface area contributed by atoms with Crippen molar-refractivity contribution in [1.29, 1.82) is 0 Å². The molecule has 0 aromatic heterocycles. The largest absolute Gasteiger partial charge is 0.481 e. The van der Waals surface area contributed by atoms with Crippen molar-refractivity contribution in [2.75, 3.05) is 0 Å². The van der Waals surface area contributed by atoms with E-state index >= 15 is 0 Å². The van der Waals surface area contributed by atoms with E-state index < -0.39 is 17.3 Å². The van der Waals surface area contributed by atoms with Crippen LogP contribution < -0.4 is 5.73 Å². The van der Waals surface area contributed by atoms with Gasteiger partial charge in [0.25, 0.3) is 5.92 Å². The molecule has 0 amide bonds. The molecule has 0 saturated heterocycles. The maximum absolute atomic E-state index is 13.2. The lowest BCUT2D eigenvalue weighted by atomic mass is 9.69. The Balaban J connectivity index is 2.90. The fourth-order valence-corrected chi connectivity index (χ4v) is 1.97. The van der Waals surface area contributed by atoms with Crippen LogP contribution in [0.25, 0.3) is 0 Å². The van der Waals surface area contributed by atoms with Gasteiger partial charge in [-0.3, -0.25) is 4.79 Å². The van der Waals surface area contributed by atoms with E-state index in [0.29, 0.717) is 19.8 Å². The van der Waals surface area contributed by atoms with Crippen molar-refractivity contribution in [1.82, 2.24) is 0 Å². The second-order valence-electron chi connectivity index (χ2n) is 4.11. The number of carboxylic acids is 1. The normalized spacial score (nSPS) is 34.1. The van der Waals surface area contributed by atoms with Gasteiger partial charge in [-0.2, -0.15) is 0 Å². The quantitative estimate of drug-likeness (QED) is 0.723. The molecular weight excluding hydrogens is 192 g/mol. The van der Waals surface area contributed by atoms with E-state index in [1.807, 2.05) is 0 Å². The van der Waals surface area contributed by atoms with Crippen molar-refractivity contribution in [2.24, 2.45) is 11.1 Å². The van der Waals surface area contributed by atoms with Crippen LogP contribution in [0.15, 0.2) is 0 Å². The van der Waals surface area contributed by atoms with Crippen LogP contribution in [0.5, 0.6) is 0 Å². The summed E-state index contributed by atoms with van der Waals surface area (Å²) in [5, 5.41) is 8.89. The molecule has 3 N–H and O–H groups in total. The van der Waals surface area contributed by atoms with Gasteiger partial charge >= 0.3 is 5.97 Å². The number of nitrogens with two attached hydrogens (primary N) is 1. The number of rotatable bonds is 2. The van der Waals surface area contributed by atoms with Crippen LogP contribution in [0.4, 0.5) is 8.78 Å². The topological polar surface area (TPSA) is 63.3 Å². The molecule has 1 saturated carbocycles. The zero-order valence-electron chi connectivity index (χ0n) is 8.09. The predicted molar refractivity (Wildman–Crippen MR) is 47.1 cm³/mol. The molecule has 3 nitrogen and oxygen atoms in total. The first-order valence-corrected chi connectivity index (χ1v) is 4.66. The Morgan fingerprint density at radius 1 is 1.50 bits per heavy atom. The lowest BCUT2D eigenvalue weighted by Gasteiger charge is -2.39. The number of carboxylic acid groups (broad SMARTS) is 1. The van der Waals surface area contributed by atoms with Gasteiger partial charge in [-0.05, 0) is 25.7 Å². The molecule has 0 radical (unpaired) electrons. The molecule has 0 bridgehead atoms. The van der Waals surface area contributed by atoms with Crippen molar-refractivity contribution in [3.05, 3.63) is 0 Å². The van der Waals surface area contributed by atoms with Crippen LogP contribution in [0.1, 0.15) is 32.6 Å². The van der Waals surface area contributed by atoms with E-state index in [2.05, 4.69) is 0 Å². The van der Waals surface area contributed by atoms with Gasteiger partial charge in [0, 0.05) is 13.0 Å². The third-order valence-corrected chi connectivity index (χ3v) is 3.13. The van der Waals surface area contributed by atoms with E-state index in [4.69, 9.17) is 10.8 Å². The summed E-state index contributed by atoms with van der Waals surface area (Å²) in [5.74, 6) is -4.59. The number of alkyl halides is 2. The number of aliphatic carboxylic acids is 1. The second kappa shape index (κ2) is 3.46. The SMILES string of the molecule is CC(F)(F)C1(C(=O)O)CCC(N)CC1. The summed E-state index contributed by atoms with van der Waals surface area (Å²) >= 11 is 0. The smallest absolute Gasteiger partial charge is 0.315 e. The number of hydrogen-bond acceptors (Lipinski definition) is 2. The Morgan fingerprint density at radius 3 is 2.21 bits per heavy atom. The molecule has 14 heavy (non-hydrogen) atoms. The number of carbonyl (C=O) groups is 1. The van der Waals surface area contributed by atoms with Gasteiger partial charge in [-0.1, -0.05) is 0 Å². The molecule has 0 spiro atoms. The molecule has 0 unspecified atom stereocenters. The molecule has 0 aliphatic heterocycles. The summed E-state index contributed by atoms with van der Waals surface area (Å²) < 4.78 is 26.4. The van der Waals surface area contributed by atoms with Crippen LogP contribution in [0.3, 0.4) is 0 Å². The molecule has 1 rings (SSSR count). The van der Waals surface area contributed by atoms with Crippen LogP contribution >= 0.6 is 0 Å². The Kier molecular flexibility index (Phi) is 2.81.